The van der Waals surface area contributed by atoms with Crippen LogP contribution in [0.4, 0.5) is 10.5 Å². The highest BCUT2D eigenvalue weighted by Crippen LogP contribution is 2.25. The Bertz CT molecular complexity index is 679. The Kier molecular flexibility index (Phi) is 5.33. The summed E-state index contributed by atoms with van der Waals surface area (Å²) in [7, 11) is 1.66. The maximum absolute atomic E-state index is 11.9. The first-order chi connectivity index (χ1) is 11.7. The lowest BCUT2D eigenvalue weighted by atomic mass is 10.1. The molecule has 0 bridgehead atoms. The van der Waals surface area contributed by atoms with Crippen molar-refractivity contribution in [1.82, 2.24) is 5.32 Å². The quantitative estimate of drug-likeness (QED) is 0.884. The number of methoxy groups -OCH3 is 1. The molecular formula is C19H22N2O3. The van der Waals surface area contributed by atoms with Gasteiger partial charge in [0.1, 0.15) is 5.75 Å². The van der Waals surface area contributed by atoms with Gasteiger partial charge in [-0.05, 0) is 41.8 Å². The molecule has 0 aromatic heterocycles. The zero-order valence-corrected chi connectivity index (χ0v) is 13.7. The number of benzene rings is 2. The van der Waals surface area contributed by atoms with E-state index in [1.807, 2.05) is 48.5 Å². The lowest BCUT2D eigenvalue weighted by Gasteiger charge is -2.11. The van der Waals surface area contributed by atoms with E-state index < -0.39 is 0 Å². The zero-order chi connectivity index (χ0) is 16.8. The van der Waals surface area contributed by atoms with Crippen LogP contribution >= 0.6 is 0 Å². The fourth-order valence-electron chi connectivity index (χ4n) is 2.71. The molecular weight excluding hydrogens is 304 g/mol. The molecule has 1 heterocycles. The topological polar surface area (TPSA) is 59.6 Å². The molecule has 24 heavy (non-hydrogen) atoms. The number of hydrogen-bond donors (Lipinski definition) is 2. The molecule has 1 saturated heterocycles. The number of nitrogens with one attached hydrogen (secondary N) is 2. The van der Waals surface area contributed by atoms with Crippen molar-refractivity contribution in [2.24, 2.45) is 5.92 Å². The molecule has 0 spiro atoms. The van der Waals surface area contributed by atoms with Crippen molar-refractivity contribution in [3.05, 3.63) is 48.5 Å². The highest BCUT2D eigenvalue weighted by molar-refractivity contribution is 5.89. The number of carbonyl (C=O) groups excluding carboxylic acids is 1. The molecule has 1 fully saturated rings. The molecule has 5 nitrogen and oxygen atoms in total. The summed E-state index contributed by atoms with van der Waals surface area (Å²) in [4.78, 5) is 11.9. The van der Waals surface area contributed by atoms with Gasteiger partial charge in [0, 0.05) is 24.8 Å². The SMILES string of the molecule is COc1cccc(-c2ccc(NC(=O)NC[C@H]3CCOC3)cc2)c1. The van der Waals surface area contributed by atoms with Crippen LogP contribution in [-0.4, -0.2) is 32.9 Å². The van der Waals surface area contributed by atoms with Gasteiger partial charge in [-0.25, -0.2) is 4.79 Å². The Balaban J connectivity index is 1.56. The minimum Gasteiger partial charge on any atom is -0.497 e. The first-order valence-electron chi connectivity index (χ1n) is 8.11. The number of anilines is 1. The van der Waals surface area contributed by atoms with Crippen molar-refractivity contribution < 1.29 is 14.3 Å². The minimum atomic E-state index is -0.184. The average Bonchev–Trinajstić information content (AvgIpc) is 3.14. The molecule has 0 unspecified atom stereocenters. The van der Waals surface area contributed by atoms with Crippen LogP contribution in [0.3, 0.4) is 0 Å². The summed E-state index contributed by atoms with van der Waals surface area (Å²) in [6, 6.07) is 15.5. The van der Waals surface area contributed by atoms with Crippen LogP contribution in [0.2, 0.25) is 0 Å². The minimum absolute atomic E-state index is 0.184. The fraction of sp³-hybridized carbons (Fsp3) is 0.316. The van der Waals surface area contributed by atoms with Gasteiger partial charge in [-0.1, -0.05) is 24.3 Å². The molecule has 1 aliphatic rings. The molecule has 1 atom stereocenters. The summed E-state index contributed by atoms with van der Waals surface area (Å²) in [5.74, 6) is 1.25. The molecule has 2 aromatic rings. The van der Waals surface area contributed by atoms with Gasteiger partial charge < -0.3 is 20.1 Å². The van der Waals surface area contributed by atoms with E-state index in [1.54, 1.807) is 7.11 Å². The predicted octanol–water partition coefficient (Wildman–Crippen LogP) is 3.52. The van der Waals surface area contributed by atoms with Gasteiger partial charge in [-0.2, -0.15) is 0 Å². The van der Waals surface area contributed by atoms with Crippen LogP contribution in [0.1, 0.15) is 6.42 Å². The Morgan fingerprint density at radius 3 is 2.75 bits per heavy atom. The average molecular weight is 326 g/mol. The summed E-state index contributed by atoms with van der Waals surface area (Å²) in [6.45, 7) is 2.17. The largest absolute Gasteiger partial charge is 0.497 e. The van der Waals surface area contributed by atoms with E-state index >= 15 is 0 Å². The zero-order valence-electron chi connectivity index (χ0n) is 13.7. The van der Waals surface area contributed by atoms with E-state index in [0.717, 1.165) is 42.2 Å². The Labute approximate surface area is 142 Å². The van der Waals surface area contributed by atoms with Crippen molar-refractivity contribution in [3.63, 3.8) is 0 Å². The molecule has 0 radical (unpaired) electrons. The third-order valence-electron chi connectivity index (χ3n) is 4.12. The van der Waals surface area contributed by atoms with Crippen LogP contribution in [0.5, 0.6) is 5.75 Å². The van der Waals surface area contributed by atoms with E-state index in [0.29, 0.717) is 12.5 Å². The predicted molar refractivity (Wildman–Crippen MR) is 94.4 cm³/mol. The number of hydrogen-bond acceptors (Lipinski definition) is 3. The van der Waals surface area contributed by atoms with Gasteiger partial charge in [-0.3, -0.25) is 0 Å². The van der Waals surface area contributed by atoms with Gasteiger partial charge in [0.25, 0.3) is 0 Å². The summed E-state index contributed by atoms with van der Waals surface area (Å²) < 4.78 is 10.5. The first kappa shape index (κ1) is 16.3. The number of rotatable bonds is 5. The van der Waals surface area contributed by atoms with Gasteiger partial charge in [0.2, 0.25) is 0 Å². The summed E-state index contributed by atoms with van der Waals surface area (Å²) >= 11 is 0. The van der Waals surface area contributed by atoms with Crippen LogP contribution in [-0.2, 0) is 4.74 Å². The standard InChI is InChI=1S/C19H22N2O3/c1-23-18-4-2-3-16(11-18)15-5-7-17(8-6-15)21-19(22)20-12-14-9-10-24-13-14/h2-8,11,14H,9-10,12-13H2,1H3,(H2,20,21,22)/t14-/m1/s1. The second-order valence-electron chi connectivity index (χ2n) is 5.87. The lowest BCUT2D eigenvalue weighted by Crippen LogP contribution is -2.33. The van der Waals surface area contributed by atoms with Crippen LogP contribution in [0.15, 0.2) is 48.5 Å². The monoisotopic (exact) mass is 326 g/mol. The first-order valence-corrected chi connectivity index (χ1v) is 8.11. The van der Waals surface area contributed by atoms with Gasteiger partial charge >= 0.3 is 6.03 Å². The molecule has 3 rings (SSSR count). The van der Waals surface area contributed by atoms with Crippen molar-refractivity contribution in [2.75, 3.05) is 32.2 Å². The normalized spacial score (nSPS) is 16.6. The van der Waals surface area contributed by atoms with Crippen LogP contribution < -0.4 is 15.4 Å². The van der Waals surface area contributed by atoms with Crippen molar-refractivity contribution >= 4 is 11.7 Å². The molecule has 126 valence electrons. The molecule has 2 amide bonds. The molecule has 2 aromatic carbocycles. The number of urea groups is 1. The molecule has 1 aliphatic heterocycles. The van der Waals surface area contributed by atoms with E-state index in [9.17, 15) is 4.79 Å². The van der Waals surface area contributed by atoms with Gasteiger partial charge in [0.05, 0.1) is 13.7 Å². The smallest absolute Gasteiger partial charge is 0.319 e. The Morgan fingerprint density at radius 1 is 1.21 bits per heavy atom. The molecule has 0 aliphatic carbocycles. The Morgan fingerprint density at radius 2 is 2.04 bits per heavy atom. The van der Waals surface area contributed by atoms with Crippen molar-refractivity contribution in [1.29, 1.82) is 0 Å². The third-order valence-corrected chi connectivity index (χ3v) is 4.12. The summed E-state index contributed by atoms with van der Waals surface area (Å²) in [6.07, 6.45) is 1.01. The van der Waals surface area contributed by atoms with Gasteiger partial charge in [-0.15, -0.1) is 0 Å². The summed E-state index contributed by atoms with van der Waals surface area (Å²) in [5, 5.41) is 5.74. The van der Waals surface area contributed by atoms with Crippen LogP contribution in [0.25, 0.3) is 11.1 Å². The third kappa shape index (κ3) is 4.26. The maximum atomic E-state index is 11.9. The number of carbonyl (C=O) groups is 1. The fourth-order valence-corrected chi connectivity index (χ4v) is 2.71. The number of amides is 2. The van der Waals surface area contributed by atoms with Crippen LogP contribution in [0, 0.1) is 5.92 Å². The van der Waals surface area contributed by atoms with Gasteiger partial charge in [0.15, 0.2) is 0 Å². The molecule has 5 heteroatoms. The lowest BCUT2D eigenvalue weighted by molar-refractivity contribution is 0.185. The summed E-state index contributed by atoms with van der Waals surface area (Å²) in [5.41, 5.74) is 2.91. The maximum Gasteiger partial charge on any atom is 0.319 e. The highest BCUT2D eigenvalue weighted by Gasteiger charge is 2.16. The van der Waals surface area contributed by atoms with E-state index in [-0.39, 0.29) is 6.03 Å². The Hall–Kier alpha value is -2.53. The van der Waals surface area contributed by atoms with Crippen molar-refractivity contribution in [3.8, 4) is 16.9 Å². The van der Waals surface area contributed by atoms with E-state index in [2.05, 4.69) is 10.6 Å². The van der Waals surface area contributed by atoms with Crippen molar-refractivity contribution in [2.45, 2.75) is 6.42 Å². The van der Waals surface area contributed by atoms with E-state index in [1.165, 1.54) is 0 Å². The molecule has 2 N–H and O–H groups in total. The van der Waals surface area contributed by atoms with E-state index in [4.69, 9.17) is 9.47 Å². The molecule has 0 saturated carbocycles. The highest BCUT2D eigenvalue weighted by atomic mass is 16.5. The number of ether oxygens (including phenoxy) is 2. The second kappa shape index (κ2) is 7.84. The second-order valence-corrected chi connectivity index (χ2v) is 5.87.